The number of nitrogens with zero attached hydrogens (tertiary/aromatic N) is 6. The molecule has 1 aliphatic rings. The average molecular weight is 637 g/mol. The Hall–Kier alpha value is -4.48. The van der Waals surface area contributed by atoms with Gasteiger partial charge in [-0.15, -0.1) is 18.2 Å². The monoisotopic (exact) mass is 636 g/mol. The third kappa shape index (κ3) is 7.61. The lowest BCUT2D eigenvalue weighted by Gasteiger charge is -2.33. The number of benzene rings is 1. The molecule has 3 aromatic heterocycles. The molecule has 2 N–H and O–H groups in total. The number of terminal acetylenes is 1. The van der Waals surface area contributed by atoms with Crippen molar-refractivity contribution in [1.29, 1.82) is 0 Å². The van der Waals surface area contributed by atoms with E-state index in [2.05, 4.69) is 31.7 Å². The molecular weight excluding hydrogens is 602 g/mol. The fraction of sp³-hybridized carbons (Fsp3) is 0.387. The first kappa shape index (κ1) is 31.9. The van der Waals surface area contributed by atoms with E-state index < -0.39 is 12.5 Å². The van der Waals surface area contributed by atoms with Crippen LogP contribution in [0.3, 0.4) is 0 Å². The molecule has 1 aliphatic heterocycles. The number of hydrogen-bond acceptors (Lipinski definition) is 8. The van der Waals surface area contributed by atoms with Crippen molar-refractivity contribution in [3.63, 3.8) is 0 Å². The Morgan fingerprint density at radius 2 is 2.04 bits per heavy atom. The molecule has 0 unspecified atom stereocenters. The molecule has 5 rings (SSSR count). The SMILES string of the molecule is C#CC(C)(C)CNC1CCN(C(=O)Cn2cc(NC(=O)c3cnn4cccnc34)c(-c3cc(SC)ccc3OC(F)F)n2)CC1. The number of carbonyl (C=O) groups excluding carboxylic acids is 2. The maximum absolute atomic E-state index is 13.4. The quantitative estimate of drug-likeness (QED) is 0.184. The van der Waals surface area contributed by atoms with Crippen molar-refractivity contribution in [2.75, 3.05) is 31.2 Å². The first-order valence-electron chi connectivity index (χ1n) is 14.4. The first-order valence-corrected chi connectivity index (χ1v) is 15.6. The van der Waals surface area contributed by atoms with E-state index in [1.54, 1.807) is 35.5 Å². The molecule has 1 saturated heterocycles. The molecule has 4 heterocycles. The predicted octanol–water partition coefficient (Wildman–Crippen LogP) is 4.41. The zero-order valence-electron chi connectivity index (χ0n) is 25.2. The Bertz CT molecular complexity index is 1720. The summed E-state index contributed by atoms with van der Waals surface area (Å²) < 4.78 is 34.4. The smallest absolute Gasteiger partial charge is 0.387 e. The number of hydrogen-bond donors (Lipinski definition) is 2. The highest BCUT2D eigenvalue weighted by atomic mass is 32.2. The van der Waals surface area contributed by atoms with Crippen LogP contribution in [0.25, 0.3) is 16.9 Å². The van der Waals surface area contributed by atoms with Gasteiger partial charge in [0.25, 0.3) is 5.91 Å². The zero-order valence-corrected chi connectivity index (χ0v) is 26.0. The van der Waals surface area contributed by atoms with Gasteiger partial charge in [0.05, 0.1) is 11.9 Å². The number of thioether (sulfide) groups is 1. The Labute approximate surface area is 263 Å². The Morgan fingerprint density at radius 3 is 2.76 bits per heavy atom. The lowest BCUT2D eigenvalue weighted by atomic mass is 9.93. The highest BCUT2D eigenvalue weighted by Crippen LogP contribution is 2.38. The van der Waals surface area contributed by atoms with Crippen molar-refractivity contribution in [3.8, 4) is 29.4 Å². The molecular formula is C31H34F2N8O3S. The zero-order chi connectivity index (χ0) is 32.1. The van der Waals surface area contributed by atoms with Crippen molar-refractivity contribution >= 4 is 34.9 Å². The lowest BCUT2D eigenvalue weighted by molar-refractivity contribution is -0.133. The molecule has 1 aromatic carbocycles. The van der Waals surface area contributed by atoms with E-state index in [1.165, 1.54) is 39.4 Å². The summed E-state index contributed by atoms with van der Waals surface area (Å²) in [4.78, 5) is 33.5. The second-order valence-electron chi connectivity index (χ2n) is 11.3. The summed E-state index contributed by atoms with van der Waals surface area (Å²) in [6.45, 7) is 2.63. The van der Waals surface area contributed by atoms with E-state index in [1.807, 2.05) is 20.1 Å². The summed E-state index contributed by atoms with van der Waals surface area (Å²) >= 11 is 1.41. The molecule has 236 valence electrons. The van der Waals surface area contributed by atoms with Gasteiger partial charge in [-0.3, -0.25) is 14.3 Å². The Kier molecular flexibility index (Phi) is 9.69. The number of nitrogens with one attached hydrogen (secondary N) is 2. The summed E-state index contributed by atoms with van der Waals surface area (Å²) in [6.07, 6.45) is 15.1. The third-order valence-electron chi connectivity index (χ3n) is 7.56. The van der Waals surface area contributed by atoms with Gasteiger partial charge in [-0.1, -0.05) is 5.92 Å². The molecule has 0 spiro atoms. The number of alkyl halides is 2. The highest BCUT2D eigenvalue weighted by Gasteiger charge is 2.26. The van der Waals surface area contributed by atoms with Crippen molar-refractivity contribution in [2.45, 2.75) is 50.8 Å². The van der Waals surface area contributed by atoms with Gasteiger partial charge in [0, 0.05) is 60.1 Å². The molecule has 45 heavy (non-hydrogen) atoms. The summed E-state index contributed by atoms with van der Waals surface area (Å²) in [7, 11) is 0. The molecule has 0 atom stereocenters. The van der Waals surface area contributed by atoms with E-state index in [0.29, 0.717) is 25.3 Å². The van der Waals surface area contributed by atoms with Gasteiger partial charge in [-0.25, -0.2) is 9.50 Å². The maximum Gasteiger partial charge on any atom is 0.387 e. The standard InChI is InChI=1S/C31H34F2N8O3S/c1-5-31(2,3)19-35-20-9-13-39(14-10-20)26(42)18-40-17-24(37-29(43)23-16-36-41-12-6-11-34-28(23)41)27(38-40)22-15-21(45-4)7-8-25(22)44-30(32)33/h1,6-8,11-12,15-17,20,30,35H,9-10,13-14,18-19H2,2-4H3,(H,37,43). The van der Waals surface area contributed by atoms with Crippen LogP contribution in [-0.2, 0) is 11.3 Å². The summed E-state index contributed by atoms with van der Waals surface area (Å²) in [5.41, 5.74) is 0.907. The minimum absolute atomic E-state index is 0.114. The van der Waals surface area contributed by atoms with Gasteiger partial charge in [-0.05, 0) is 57.2 Å². The molecule has 0 saturated carbocycles. The van der Waals surface area contributed by atoms with E-state index in [9.17, 15) is 18.4 Å². The molecule has 0 aliphatic carbocycles. The van der Waals surface area contributed by atoms with Crippen LogP contribution in [0.4, 0.5) is 14.5 Å². The predicted molar refractivity (Wildman–Crippen MR) is 167 cm³/mol. The number of halogens is 2. The molecule has 0 radical (unpaired) electrons. The van der Waals surface area contributed by atoms with Gasteiger partial charge < -0.3 is 20.3 Å². The molecule has 1 fully saturated rings. The van der Waals surface area contributed by atoms with Gasteiger partial charge in [0.2, 0.25) is 5.91 Å². The number of amides is 2. The number of likely N-dealkylation sites (tertiary alicyclic amines) is 1. The molecule has 4 aromatic rings. The van der Waals surface area contributed by atoms with Crippen LogP contribution in [0.2, 0.25) is 0 Å². The molecule has 14 heteroatoms. The number of ether oxygens (including phenoxy) is 1. The summed E-state index contributed by atoms with van der Waals surface area (Å²) in [5, 5.41) is 15.1. The molecule has 0 bridgehead atoms. The third-order valence-corrected chi connectivity index (χ3v) is 8.29. The normalized spacial score (nSPS) is 14.1. The minimum atomic E-state index is -3.08. The van der Waals surface area contributed by atoms with E-state index in [0.717, 1.165) is 17.7 Å². The van der Waals surface area contributed by atoms with Gasteiger partial charge in [0.15, 0.2) is 5.65 Å². The molecule has 11 nitrogen and oxygen atoms in total. The van der Waals surface area contributed by atoms with Crippen molar-refractivity contribution in [3.05, 3.63) is 54.6 Å². The van der Waals surface area contributed by atoms with Crippen LogP contribution >= 0.6 is 11.8 Å². The number of rotatable bonds is 11. The highest BCUT2D eigenvalue weighted by molar-refractivity contribution is 7.98. The van der Waals surface area contributed by atoms with Crippen LogP contribution < -0.4 is 15.4 Å². The van der Waals surface area contributed by atoms with Crippen molar-refractivity contribution < 1.29 is 23.1 Å². The van der Waals surface area contributed by atoms with Crippen molar-refractivity contribution in [2.24, 2.45) is 5.41 Å². The largest absolute Gasteiger partial charge is 0.434 e. The maximum atomic E-state index is 13.4. The number of carbonyl (C=O) groups is 2. The number of piperidine rings is 1. The summed E-state index contributed by atoms with van der Waals surface area (Å²) in [5.74, 6) is 1.98. The second-order valence-corrected chi connectivity index (χ2v) is 12.2. The van der Waals surface area contributed by atoms with Crippen LogP contribution in [0.1, 0.15) is 37.0 Å². The van der Waals surface area contributed by atoms with Crippen LogP contribution in [0.5, 0.6) is 5.75 Å². The first-order chi connectivity index (χ1) is 21.6. The Balaban J connectivity index is 1.39. The van der Waals surface area contributed by atoms with Gasteiger partial charge in [0.1, 0.15) is 23.6 Å². The average Bonchev–Trinajstić information content (AvgIpc) is 3.64. The van der Waals surface area contributed by atoms with E-state index >= 15 is 0 Å². The topological polar surface area (TPSA) is 119 Å². The number of aromatic nitrogens is 5. The number of anilines is 1. The van der Waals surface area contributed by atoms with Crippen molar-refractivity contribution in [1.82, 2.24) is 34.6 Å². The van der Waals surface area contributed by atoms with E-state index in [-0.39, 0.29) is 52.2 Å². The van der Waals surface area contributed by atoms with Gasteiger partial charge in [-0.2, -0.15) is 19.0 Å². The summed E-state index contributed by atoms with van der Waals surface area (Å²) in [6, 6.07) is 6.68. The van der Waals surface area contributed by atoms with Crippen LogP contribution in [-0.4, -0.2) is 79.6 Å². The fourth-order valence-corrected chi connectivity index (χ4v) is 5.45. The fourth-order valence-electron chi connectivity index (χ4n) is 5.01. The lowest BCUT2D eigenvalue weighted by Crippen LogP contribution is -2.47. The minimum Gasteiger partial charge on any atom is -0.434 e. The van der Waals surface area contributed by atoms with Crippen LogP contribution in [0, 0.1) is 17.8 Å². The second kappa shape index (κ2) is 13.7. The number of fused-ring (bicyclic) bond motifs is 1. The van der Waals surface area contributed by atoms with E-state index in [4.69, 9.17) is 11.2 Å². The molecule has 2 amide bonds. The van der Waals surface area contributed by atoms with Gasteiger partial charge >= 0.3 is 6.61 Å². The van der Waals surface area contributed by atoms with Crippen LogP contribution in [0.15, 0.2) is 53.9 Å². The Morgan fingerprint density at radius 1 is 1.27 bits per heavy atom.